The number of carbonyl (C=O) groups excluding carboxylic acids is 5. The van der Waals surface area contributed by atoms with Crippen molar-refractivity contribution in [2.45, 2.75) is 13.8 Å². The Hall–Kier alpha value is -4.67. The van der Waals surface area contributed by atoms with Crippen molar-refractivity contribution in [1.29, 1.82) is 0 Å². The number of imide groups is 2. The zero-order chi connectivity index (χ0) is 29.8. The topological polar surface area (TPSA) is 131 Å². The van der Waals surface area contributed by atoms with E-state index in [0.29, 0.717) is 5.69 Å². The smallest absolute Gasteiger partial charge is 0.337 e. The predicted molar refractivity (Wildman–Crippen MR) is 153 cm³/mol. The van der Waals surface area contributed by atoms with Crippen molar-refractivity contribution in [3.63, 3.8) is 0 Å². The zero-order valence-electron chi connectivity index (χ0n) is 22.0. The van der Waals surface area contributed by atoms with E-state index in [-0.39, 0.29) is 44.8 Å². The lowest BCUT2D eigenvalue weighted by molar-refractivity contribution is -0.122. The van der Waals surface area contributed by atoms with E-state index in [0.717, 1.165) is 16.0 Å². The molecule has 1 saturated heterocycles. The summed E-state index contributed by atoms with van der Waals surface area (Å²) >= 11 is 12.7. The highest BCUT2D eigenvalue weighted by atomic mass is 35.5. The van der Waals surface area contributed by atoms with E-state index in [1.54, 1.807) is 0 Å². The van der Waals surface area contributed by atoms with E-state index in [1.165, 1.54) is 49.6 Å². The second-order valence-corrected chi connectivity index (χ2v) is 9.78. The Morgan fingerprint density at radius 1 is 0.976 bits per heavy atom. The van der Waals surface area contributed by atoms with Crippen LogP contribution in [0.5, 0.6) is 5.75 Å². The Morgan fingerprint density at radius 3 is 2.27 bits per heavy atom. The summed E-state index contributed by atoms with van der Waals surface area (Å²) < 4.78 is 10.2. The minimum Gasteiger partial charge on any atom is -0.481 e. The number of urea groups is 1. The lowest BCUT2D eigenvalue weighted by Gasteiger charge is -2.26. The first-order chi connectivity index (χ1) is 19.5. The molecule has 0 bridgehead atoms. The van der Waals surface area contributed by atoms with Gasteiger partial charge in [0.2, 0.25) is 0 Å². The van der Waals surface area contributed by atoms with Crippen molar-refractivity contribution in [3.8, 4) is 5.75 Å². The molecule has 0 saturated carbocycles. The van der Waals surface area contributed by atoms with E-state index in [1.807, 2.05) is 32.0 Å². The van der Waals surface area contributed by atoms with Crippen LogP contribution < -0.4 is 20.3 Å². The number of benzene rings is 3. The molecule has 1 heterocycles. The van der Waals surface area contributed by atoms with Crippen LogP contribution in [0.4, 0.5) is 16.2 Å². The normalized spacial score (nSPS) is 14.1. The van der Waals surface area contributed by atoms with Crippen molar-refractivity contribution in [2.24, 2.45) is 0 Å². The Labute approximate surface area is 244 Å². The van der Waals surface area contributed by atoms with Crippen molar-refractivity contribution >= 4 is 70.4 Å². The van der Waals surface area contributed by atoms with Gasteiger partial charge in [0.25, 0.3) is 17.7 Å². The maximum atomic E-state index is 13.2. The number of rotatable bonds is 7. The maximum absolute atomic E-state index is 13.2. The highest BCUT2D eigenvalue weighted by Crippen LogP contribution is 2.35. The van der Waals surface area contributed by atoms with Crippen LogP contribution in [-0.2, 0) is 19.1 Å². The van der Waals surface area contributed by atoms with E-state index >= 15 is 0 Å². The molecular weight excluding hydrogens is 573 g/mol. The van der Waals surface area contributed by atoms with Crippen LogP contribution in [0.2, 0.25) is 10.0 Å². The molecule has 2 N–H and O–H groups in total. The zero-order valence-corrected chi connectivity index (χ0v) is 23.6. The summed E-state index contributed by atoms with van der Waals surface area (Å²) in [6.07, 6.45) is 1.22. The maximum Gasteiger partial charge on any atom is 0.337 e. The van der Waals surface area contributed by atoms with Crippen molar-refractivity contribution in [3.05, 3.63) is 92.5 Å². The molecule has 4 rings (SSSR count). The first-order valence-electron chi connectivity index (χ1n) is 12.1. The number of aryl methyl sites for hydroxylation is 2. The van der Waals surface area contributed by atoms with Gasteiger partial charge in [-0.2, -0.15) is 0 Å². The van der Waals surface area contributed by atoms with Crippen LogP contribution in [-0.4, -0.2) is 43.4 Å². The number of hydrogen-bond acceptors (Lipinski definition) is 7. The van der Waals surface area contributed by atoms with Crippen molar-refractivity contribution in [2.75, 3.05) is 23.9 Å². The number of nitrogens with one attached hydrogen (secondary N) is 2. The second-order valence-electron chi connectivity index (χ2n) is 8.97. The fourth-order valence-electron chi connectivity index (χ4n) is 3.92. The highest BCUT2D eigenvalue weighted by molar-refractivity contribution is 6.40. The lowest BCUT2D eigenvalue weighted by Crippen LogP contribution is -2.54. The largest absolute Gasteiger partial charge is 0.481 e. The average molecular weight is 596 g/mol. The summed E-state index contributed by atoms with van der Waals surface area (Å²) in [7, 11) is 1.22. The molecule has 3 aromatic carbocycles. The third kappa shape index (κ3) is 6.56. The summed E-state index contributed by atoms with van der Waals surface area (Å²) in [6.45, 7) is 3.40. The number of carbonyl (C=O) groups is 5. The van der Waals surface area contributed by atoms with Crippen molar-refractivity contribution < 1.29 is 33.4 Å². The molecule has 0 atom stereocenters. The summed E-state index contributed by atoms with van der Waals surface area (Å²) in [5.74, 6) is -2.80. The molecule has 1 aliphatic heterocycles. The number of esters is 1. The number of anilines is 2. The first-order valence-corrected chi connectivity index (χ1v) is 12.8. The molecule has 0 radical (unpaired) electrons. The number of ether oxygens (including phenoxy) is 2. The molecule has 0 unspecified atom stereocenters. The van der Waals surface area contributed by atoms with Gasteiger partial charge in [-0.3, -0.25) is 19.7 Å². The molecule has 0 aliphatic carbocycles. The number of methoxy groups -OCH3 is 1. The van der Waals surface area contributed by atoms with E-state index in [2.05, 4.69) is 15.4 Å². The molecular formula is C29H23Cl2N3O7. The Bertz CT molecular complexity index is 1590. The SMILES string of the molecule is COC(=O)c1ccc(N2C(=O)NC(=O)/C(=C/c3cc(Cl)c(OCC(=O)Nc4cc(C)ccc4C)c(Cl)c3)C2=O)cc1. The molecule has 5 amide bonds. The van der Waals surface area contributed by atoms with Crippen LogP contribution in [0.1, 0.15) is 27.0 Å². The van der Waals surface area contributed by atoms with E-state index in [4.69, 9.17) is 27.9 Å². The molecule has 41 heavy (non-hydrogen) atoms. The van der Waals surface area contributed by atoms with Gasteiger partial charge in [0, 0.05) is 5.69 Å². The highest BCUT2D eigenvalue weighted by Gasteiger charge is 2.37. The number of amides is 5. The first kappa shape index (κ1) is 29.3. The van der Waals surface area contributed by atoms with E-state index < -0.39 is 29.7 Å². The van der Waals surface area contributed by atoms with Crippen LogP contribution in [0.25, 0.3) is 6.08 Å². The van der Waals surface area contributed by atoms with Gasteiger partial charge in [-0.05, 0) is 79.1 Å². The fraction of sp³-hybridized carbons (Fsp3) is 0.138. The molecule has 1 aliphatic rings. The Balaban J connectivity index is 1.52. The molecule has 0 aromatic heterocycles. The number of halogens is 2. The molecule has 210 valence electrons. The summed E-state index contributed by atoms with van der Waals surface area (Å²) in [6, 6.07) is 13.0. The molecule has 1 fully saturated rings. The van der Waals surface area contributed by atoms with Gasteiger partial charge in [0.1, 0.15) is 5.57 Å². The van der Waals surface area contributed by atoms with Crippen molar-refractivity contribution in [1.82, 2.24) is 5.32 Å². The minimum absolute atomic E-state index is 0.0267. The monoisotopic (exact) mass is 595 g/mol. The van der Waals surface area contributed by atoms with E-state index in [9.17, 15) is 24.0 Å². The fourth-order valence-corrected chi connectivity index (χ4v) is 4.53. The molecule has 12 heteroatoms. The predicted octanol–water partition coefficient (Wildman–Crippen LogP) is 5.08. The number of nitrogens with zero attached hydrogens (tertiary/aromatic N) is 1. The van der Waals surface area contributed by atoms with Crippen LogP contribution >= 0.6 is 23.2 Å². The molecule has 10 nitrogen and oxygen atoms in total. The summed E-state index contributed by atoms with van der Waals surface area (Å²) in [5.41, 5.74) is 2.75. The molecule has 0 spiro atoms. The third-order valence-corrected chi connectivity index (χ3v) is 6.56. The molecule has 3 aromatic rings. The van der Waals surface area contributed by atoms with Crippen LogP contribution in [0.3, 0.4) is 0 Å². The minimum atomic E-state index is -0.957. The lowest BCUT2D eigenvalue weighted by atomic mass is 10.1. The van der Waals surface area contributed by atoms with Gasteiger partial charge >= 0.3 is 12.0 Å². The van der Waals surface area contributed by atoms with Crippen LogP contribution in [0, 0.1) is 13.8 Å². The Kier molecular flexibility index (Phi) is 8.75. The van der Waals surface area contributed by atoms with Gasteiger partial charge < -0.3 is 14.8 Å². The average Bonchev–Trinajstić information content (AvgIpc) is 2.92. The van der Waals surface area contributed by atoms with Gasteiger partial charge in [0.15, 0.2) is 12.4 Å². The summed E-state index contributed by atoms with van der Waals surface area (Å²) in [4.78, 5) is 63.1. The van der Waals surface area contributed by atoms with Gasteiger partial charge in [-0.1, -0.05) is 35.3 Å². The second kappa shape index (κ2) is 12.2. The number of hydrogen-bond donors (Lipinski definition) is 2. The van der Waals surface area contributed by atoms with Gasteiger partial charge in [-0.25, -0.2) is 14.5 Å². The third-order valence-electron chi connectivity index (χ3n) is 5.99. The standard InChI is InChI=1S/C29H23Cl2N3O7/c1-15-4-5-16(2)23(10-15)32-24(35)14-41-25-21(30)12-17(13-22(25)31)11-20-26(36)33-29(39)34(27(20)37)19-8-6-18(7-9-19)28(38)40-3/h4-13H,14H2,1-3H3,(H,32,35)(H,33,36,39)/b20-11-. The van der Waals surface area contributed by atoms with Gasteiger partial charge in [-0.15, -0.1) is 0 Å². The van der Waals surface area contributed by atoms with Gasteiger partial charge in [0.05, 0.1) is 28.4 Å². The Morgan fingerprint density at radius 2 is 1.63 bits per heavy atom. The summed E-state index contributed by atoms with van der Waals surface area (Å²) in [5, 5.41) is 4.94. The van der Waals surface area contributed by atoms with Crippen LogP contribution in [0.15, 0.2) is 60.2 Å². The quantitative estimate of drug-likeness (QED) is 0.221. The number of barbiturate groups is 1.